The zero-order valence-corrected chi connectivity index (χ0v) is 15.6. The van der Waals surface area contributed by atoms with Crippen LogP contribution in [0.3, 0.4) is 0 Å². The molecule has 0 spiro atoms. The zero-order valence-electron chi connectivity index (χ0n) is 14.8. The third kappa shape index (κ3) is 2.65. The predicted molar refractivity (Wildman–Crippen MR) is 103 cm³/mol. The van der Waals surface area contributed by atoms with Gasteiger partial charge in [0.1, 0.15) is 4.83 Å². The van der Waals surface area contributed by atoms with E-state index in [1.165, 1.54) is 22.4 Å². The maximum atomic E-state index is 12.7. The number of hydrogen-bond donors (Lipinski definition) is 0. The molecular formula is C21H21NO2S. The Kier molecular flexibility index (Phi) is 4.08. The number of aromatic nitrogens is 1. The van der Waals surface area contributed by atoms with Gasteiger partial charge in [-0.2, -0.15) is 0 Å². The molecule has 0 atom stereocenters. The summed E-state index contributed by atoms with van der Waals surface area (Å²) in [6, 6.07) is 8.40. The number of ether oxygens (including phenoxy) is 1. The first-order valence-electron chi connectivity index (χ1n) is 8.79. The van der Waals surface area contributed by atoms with Gasteiger partial charge in [-0.15, -0.1) is 11.3 Å². The van der Waals surface area contributed by atoms with Crippen molar-refractivity contribution >= 4 is 27.5 Å². The lowest BCUT2D eigenvalue weighted by Gasteiger charge is -2.14. The highest BCUT2D eigenvalue weighted by atomic mass is 32.1. The minimum atomic E-state index is -0.275. The predicted octanol–water partition coefficient (Wildman–Crippen LogP) is 5.25. The van der Waals surface area contributed by atoms with Gasteiger partial charge in [0.05, 0.1) is 17.9 Å². The molecule has 0 fully saturated rings. The Morgan fingerprint density at radius 3 is 2.68 bits per heavy atom. The highest BCUT2D eigenvalue weighted by molar-refractivity contribution is 7.19. The molecule has 0 radical (unpaired) electrons. The molecule has 3 nitrogen and oxygen atoms in total. The first kappa shape index (κ1) is 16.3. The number of fused-ring (bicyclic) bond motifs is 3. The second kappa shape index (κ2) is 6.26. The summed E-state index contributed by atoms with van der Waals surface area (Å²) in [4.78, 5) is 20.0. The van der Waals surface area contributed by atoms with E-state index in [4.69, 9.17) is 9.72 Å². The molecule has 1 aromatic carbocycles. The average molecular weight is 351 g/mol. The van der Waals surface area contributed by atoms with Crippen LogP contribution in [0, 0.1) is 13.8 Å². The maximum absolute atomic E-state index is 12.7. The topological polar surface area (TPSA) is 39.2 Å². The number of thiophene rings is 1. The SMILES string of the molecule is CCOC(=O)c1c(C)nc2sc3c(c2c1-c1ccc(C)cc1)CCC3. The second-order valence-corrected chi connectivity index (χ2v) is 7.65. The number of nitrogens with zero attached hydrogens (tertiary/aromatic N) is 1. The largest absolute Gasteiger partial charge is 0.462 e. The Balaban J connectivity index is 2.08. The van der Waals surface area contributed by atoms with Crippen LogP contribution in [-0.4, -0.2) is 17.6 Å². The molecule has 0 saturated heterocycles. The standard InChI is InChI=1S/C21H21NO2S/c1-4-24-21(23)17-13(3)22-20-19(15-6-5-7-16(15)25-20)18(17)14-10-8-12(2)9-11-14/h8-11H,4-7H2,1-3H3. The molecular weight excluding hydrogens is 330 g/mol. The molecule has 0 N–H and O–H groups in total. The number of hydrogen-bond acceptors (Lipinski definition) is 4. The van der Waals surface area contributed by atoms with Gasteiger partial charge >= 0.3 is 5.97 Å². The van der Waals surface area contributed by atoms with Crippen LogP contribution in [-0.2, 0) is 17.6 Å². The number of benzene rings is 1. The molecule has 0 bridgehead atoms. The molecule has 128 valence electrons. The molecule has 4 rings (SSSR count). The summed E-state index contributed by atoms with van der Waals surface area (Å²) in [5.41, 5.74) is 6.02. The number of carbonyl (C=O) groups is 1. The first-order valence-corrected chi connectivity index (χ1v) is 9.60. The quantitative estimate of drug-likeness (QED) is 0.605. The number of carbonyl (C=O) groups excluding carboxylic acids is 1. The van der Waals surface area contributed by atoms with Crippen LogP contribution in [0.2, 0.25) is 0 Å². The van der Waals surface area contributed by atoms with Crippen LogP contribution in [0.4, 0.5) is 0 Å². The second-order valence-electron chi connectivity index (χ2n) is 6.57. The van der Waals surface area contributed by atoms with E-state index in [0.29, 0.717) is 12.2 Å². The molecule has 0 unspecified atom stereocenters. The van der Waals surface area contributed by atoms with E-state index in [9.17, 15) is 4.79 Å². The molecule has 1 aliphatic rings. The lowest BCUT2D eigenvalue weighted by atomic mass is 9.93. The van der Waals surface area contributed by atoms with Gasteiger partial charge in [-0.1, -0.05) is 29.8 Å². The molecule has 2 heterocycles. The first-order chi connectivity index (χ1) is 12.1. The normalized spacial score (nSPS) is 13.2. The highest BCUT2D eigenvalue weighted by Gasteiger charge is 2.27. The van der Waals surface area contributed by atoms with Crippen molar-refractivity contribution in [3.05, 3.63) is 51.5 Å². The summed E-state index contributed by atoms with van der Waals surface area (Å²) in [7, 11) is 0. The van der Waals surface area contributed by atoms with E-state index >= 15 is 0 Å². The summed E-state index contributed by atoms with van der Waals surface area (Å²) < 4.78 is 5.36. The molecule has 2 aromatic heterocycles. The number of rotatable bonds is 3. The van der Waals surface area contributed by atoms with Gasteiger partial charge in [0.25, 0.3) is 0 Å². The van der Waals surface area contributed by atoms with Crippen LogP contribution in [0.25, 0.3) is 21.3 Å². The minimum absolute atomic E-state index is 0.275. The van der Waals surface area contributed by atoms with Gasteiger partial charge in [0.15, 0.2) is 0 Å². The zero-order chi connectivity index (χ0) is 17.6. The summed E-state index contributed by atoms with van der Waals surface area (Å²) in [6.45, 7) is 6.19. The third-order valence-corrected chi connectivity index (χ3v) is 6.04. The molecule has 1 aliphatic carbocycles. The number of esters is 1. The lowest BCUT2D eigenvalue weighted by molar-refractivity contribution is 0.0526. The van der Waals surface area contributed by atoms with Crippen LogP contribution in [0.1, 0.15) is 45.4 Å². The van der Waals surface area contributed by atoms with Crippen molar-refractivity contribution in [2.75, 3.05) is 6.61 Å². The average Bonchev–Trinajstić information content (AvgIpc) is 3.15. The Hall–Kier alpha value is -2.20. The maximum Gasteiger partial charge on any atom is 0.340 e. The van der Waals surface area contributed by atoms with Gasteiger partial charge in [-0.05, 0) is 51.2 Å². The number of aryl methyl sites for hydroxylation is 4. The molecule has 3 aromatic rings. The molecule has 25 heavy (non-hydrogen) atoms. The Morgan fingerprint density at radius 2 is 1.96 bits per heavy atom. The van der Waals surface area contributed by atoms with E-state index in [2.05, 4.69) is 31.2 Å². The van der Waals surface area contributed by atoms with Crippen LogP contribution in [0.15, 0.2) is 24.3 Å². The van der Waals surface area contributed by atoms with E-state index < -0.39 is 0 Å². The van der Waals surface area contributed by atoms with Crippen molar-refractivity contribution in [1.82, 2.24) is 4.98 Å². The van der Waals surface area contributed by atoms with Gasteiger partial charge in [0, 0.05) is 15.8 Å². The molecule has 0 aliphatic heterocycles. The van der Waals surface area contributed by atoms with Crippen molar-refractivity contribution in [3.63, 3.8) is 0 Å². The Morgan fingerprint density at radius 1 is 1.20 bits per heavy atom. The summed E-state index contributed by atoms with van der Waals surface area (Å²) >= 11 is 1.78. The van der Waals surface area contributed by atoms with Gasteiger partial charge in [-0.3, -0.25) is 0 Å². The summed E-state index contributed by atoms with van der Waals surface area (Å²) in [5, 5.41) is 1.16. The van der Waals surface area contributed by atoms with Crippen molar-refractivity contribution in [2.24, 2.45) is 0 Å². The fraction of sp³-hybridized carbons (Fsp3) is 0.333. The monoisotopic (exact) mass is 351 g/mol. The van der Waals surface area contributed by atoms with Crippen molar-refractivity contribution in [1.29, 1.82) is 0 Å². The fourth-order valence-corrected chi connectivity index (χ4v) is 5.02. The highest BCUT2D eigenvalue weighted by Crippen LogP contribution is 2.43. The third-order valence-electron chi connectivity index (χ3n) is 4.85. The van der Waals surface area contributed by atoms with Gasteiger partial charge < -0.3 is 4.74 Å². The van der Waals surface area contributed by atoms with Crippen molar-refractivity contribution < 1.29 is 9.53 Å². The fourth-order valence-electron chi connectivity index (χ4n) is 3.70. The molecule has 4 heteroatoms. The number of pyridine rings is 1. The van der Waals surface area contributed by atoms with Crippen LogP contribution >= 0.6 is 11.3 Å². The summed E-state index contributed by atoms with van der Waals surface area (Å²) in [5.74, 6) is -0.275. The van der Waals surface area contributed by atoms with Crippen LogP contribution < -0.4 is 0 Å². The Labute approximate surface area is 151 Å². The Bertz CT molecular complexity index is 970. The van der Waals surface area contributed by atoms with E-state index in [0.717, 1.165) is 39.9 Å². The minimum Gasteiger partial charge on any atom is -0.462 e. The van der Waals surface area contributed by atoms with Crippen LogP contribution in [0.5, 0.6) is 0 Å². The van der Waals surface area contributed by atoms with Crippen molar-refractivity contribution in [3.8, 4) is 11.1 Å². The van der Waals surface area contributed by atoms with E-state index in [-0.39, 0.29) is 5.97 Å². The van der Waals surface area contributed by atoms with Gasteiger partial charge in [-0.25, -0.2) is 9.78 Å². The summed E-state index contributed by atoms with van der Waals surface area (Å²) in [6.07, 6.45) is 3.38. The molecule has 0 amide bonds. The van der Waals surface area contributed by atoms with Crippen molar-refractivity contribution in [2.45, 2.75) is 40.0 Å². The van der Waals surface area contributed by atoms with E-state index in [1.807, 2.05) is 13.8 Å². The smallest absolute Gasteiger partial charge is 0.340 e. The van der Waals surface area contributed by atoms with E-state index in [1.54, 1.807) is 11.3 Å². The van der Waals surface area contributed by atoms with Gasteiger partial charge in [0.2, 0.25) is 0 Å². The lowest BCUT2D eigenvalue weighted by Crippen LogP contribution is -2.10. The molecule has 0 saturated carbocycles.